The summed E-state index contributed by atoms with van der Waals surface area (Å²) in [5.41, 5.74) is 0.550. The highest BCUT2D eigenvalue weighted by Gasteiger charge is 2.15. The third-order valence-corrected chi connectivity index (χ3v) is 4.32. The van der Waals surface area contributed by atoms with E-state index < -0.39 is 10.1 Å². The molecule has 0 saturated carbocycles. The molecule has 8 heteroatoms. The van der Waals surface area contributed by atoms with Gasteiger partial charge in [0.1, 0.15) is 4.90 Å². The van der Waals surface area contributed by atoms with Crippen LogP contribution in [0.1, 0.15) is 0 Å². The molecular weight excluding hydrogens is 306 g/mol. The predicted molar refractivity (Wildman–Crippen MR) is 80.7 cm³/mol. The molecule has 1 aliphatic rings. The average Bonchev–Trinajstić information content (AvgIpc) is 2.52. The molecule has 1 saturated heterocycles. The summed E-state index contributed by atoms with van der Waals surface area (Å²) < 4.78 is 37.4. The Kier molecular flexibility index (Phi) is 4.06. The fourth-order valence-electron chi connectivity index (χ4n) is 2.32. The summed E-state index contributed by atoms with van der Waals surface area (Å²) >= 11 is 0. The van der Waals surface area contributed by atoms with Crippen LogP contribution in [0.5, 0.6) is 0 Å². The van der Waals surface area contributed by atoms with Crippen LogP contribution in [0.25, 0.3) is 10.8 Å². The van der Waals surface area contributed by atoms with Crippen LogP contribution >= 0.6 is 0 Å². The molecule has 0 bridgehead atoms. The maximum absolute atomic E-state index is 11.4. The van der Waals surface area contributed by atoms with Gasteiger partial charge in [0.2, 0.25) is 0 Å². The lowest BCUT2D eigenvalue weighted by molar-refractivity contribution is 0.0354. The van der Waals surface area contributed by atoms with Gasteiger partial charge < -0.3 is 4.74 Å². The van der Waals surface area contributed by atoms with E-state index in [0.29, 0.717) is 42.8 Å². The van der Waals surface area contributed by atoms with E-state index in [4.69, 9.17) is 4.74 Å². The van der Waals surface area contributed by atoms with Crippen molar-refractivity contribution in [2.45, 2.75) is 4.90 Å². The van der Waals surface area contributed by atoms with Crippen molar-refractivity contribution in [3.63, 3.8) is 0 Å². The summed E-state index contributed by atoms with van der Waals surface area (Å²) in [4.78, 5) is -0.131. The van der Waals surface area contributed by atoms with E-state index in [9.17, 15) is 13.0 Å². The van der Waals surface area contributed by atoms with Crippen LogP contribution in [0.3, 0.4) is 0 Å². The highest BCUT2D eigenvalue weighted by atomic mass is 32.2. The summed E-state index contributed by atoms with van der Waals surface area (Å²) in [7, 11) is -4.28. The molecule has 0 spiro atoms. The lowest BCUT2D eigenvalue weighted by atomic mass is 10.1. The second-order valence-corrected chi connectivity index (χ2v) is 6.25. The third-order valence-electron chi connectivity index (χ3n) is 3.41. The molecule has 0 aliphatic carbocycles. The van der Waals surface area contributed by atoms with Gasteiger partial charge in [-0.15, -0.1) is 5.11 Å². The van der Waals surface area contributed by atoms with Crippen LogP contribution in [-0.2, 0) is 14.9 Å². The highest BCUT2D eigenvalue weighted by molar-refractivity contribution is 7.86. The minimum absolute atomic E-state index is 0.131. The molecular formula is C14H15N3O4S. The fourth-order valence-corrected chi connectivity index (χ4v) is 3.02. The van der Waals surface area contributed by atoms with Crippen LogP contribution in [0.15, 0.2) is 51.6 Å². The Balaban J connectivity index is 2.02. The van der Waals surface area contributed by atoms with Crippen molar-refractivity contribution in [1.29, 1.82) is 0 Å². The molecule has 0 amide bonds. The van der Waals surface area contributed by atoms with Gasteiger partial charge in [-0.2, -0.15) is 8.42 Å². The predicted octanol–water partition coefficient (Wildman–Crippen LogP) is 2.42. The van der Waals surface area contributed by atoms with Gasteiger partial charge in [0.05, 0.1) is 32.0 Å². The SMILES string of the molecule is O=S(=O)(O)c1ccc(N=NN2CCOCC2)c2ccccc12. The number of morpholine rings is 1. The minimum Gasteiger partial charge on any atom is -0.378 e. The zero-order chi connectivity index (χ0) is 15.6. The van der Waals surface area contributed by atoms with E-state index in [-0.39, 0.29) is 4.90 Å². The average molecular weight is 321 g/mol. The van der Waals surface area contributed by atoms with Crippen LogP contribution in [0.2, 0.25) is 0 Å². The quantitative estimate of drug-likeness (QED) is 0.692. The Morgan fingerprint density at radius 2 is 1.73 bits per heavy atom. The maximum Gasteiger partial charge on any atom is 0.295 e. The number of hydrogen-bond donors (Lipinski definition) is 1. The fraction of sp³-hybridized carbons (Fsp3) is 0.286. The largest absolute Gasteiger partial charge is 0.378 e. The first kappa shape index (κ1) is 14.9. The van der Waals surface area contributed by atoms with E-state index in [1.807, 2.05) is 0 Å². The standard InChI is InChI=1S/C14H15N3O4S/c18-22(19,20)14-6-5-13(11-3-1-2-4-12(11)14)15-16-17-7-9-21-10-8-17/h1-6H,7-10H2,(H,18,19,20). The van der Waals surface area contributed by atoms with Crippen molar-refractivity contribution in [2.75, 3.05) is 26.3 Å². The molecule has 7 nitrogen and oxygen atoms in total. The molecule has 1 heterocycles. The molecule has 0 aromatic heterocycles. The number of nitrogens with zero attached hydrogens (tertiary/aromatic N) is 3. The van der Waals surface area contributed by atoms with Gasteiger partial charge in [-0.3, -0.25) is 9.56 Å². The van der Waals surface area contributed by atoms with Crippen molar-refractivity contribution in [2.24, 2.45) is 10.3 Å². The summed E-state index contributed by atoms with van der Waals surface area (Å²) in [5, 5.41) is 11.2. The van der Waals surface area contributed by atoms with Gasteiger partial charge in [-0.05, 0) is 12.1 Å². The molecule has 2 aromatic carbocycles. The van der Waals surface area contributed by atoms with Crippen molar-refractivity contribution < 1.29 is 17.7 Å². The van der Waals surface area contributed by atoms with Crippen molar-refractivity contribution in [3.05, 3.63) is 36.4 Å². The van der Waals surface area contributed by atoms with Gasteiger partial charge in [-0.1, -0.05) is 29.5 Å². The summed E-state index contributed by atoms with van der Waals surface area (Å²) in [6, 6.07) is 9.74. The molecule has 1 fully saturated rings. The Hall–Kier alpha value is -2.03. The Bertz CT molecular complexity index is 814. The van der Waals surface area contributed by atoms with E-state index in [2.05, 4.69) is 10.3 Å². The zero-order valence-corrected chi connectivity index (χ0v) is 12.5. The van der Waals surface area contributed by atoms with Gasteiger partial charge in [-0.25, -0.2) is 0 Å². The molecule has 116 valence electrons. The molecule has 22 heavy (non-hydrogen) atoms. The minimum atomic E-state index is -4.28. The second kappa shape index (κ2) is 5.99. The molecule has 0 unspecified atom stereocenters. The third kappa shape index (κ3) is 3.08. The van der Waals surface area contributed by atoms with Crippen LogP contribution in [0.4, 0.5) is 5.69 Å². The Morgan fingerprint density at radius 3 is 2.41 bits per heavy atom. The first-order valence-corrected chi connectivity index (χ1v) is 8.23. The van der Waals surface area contributed by atoms with Gasteiger partial charge >= 0.3 is 0 Å². The van der Waals surface area contributed by atoms with Gasteiger partial charge in [0, 0.05) is 10.8 Å². The Labute approximate surface area is 127 Å². The molecule has 0 radical (unpaired) electrons. The number of ether oxygens (including phenoxy) is 1. The zero-order valence-electron chi connectivity index (χ0n) is 11.7. The van der Waals surface area contributed by atoms with E-state index in [1.54, 1.807) is 29.3 Å². The lowest BCUT2D eigenvalue weighted by Crippen LogP contribution is -2.31. The first-order valence-electron chi connectivity index (χ1n) is 6.79. The molecule has 1 aliphatic heterocycles. The summed E-state index contributed by atoms with van der Waals surface area (Å²) in [5.74, 6) is 0. The van der Waals surface area contributed by atoms with E-state index in [1.165, 1.54) is 12.1 Å². The van der Waals surface area contributed by atoms with Gasteiger partial charge in [0.25, 0.3) is 10.1 Å². The second-order valence-electron chi connectivity index (χ2n) is 4.86. The topological polar surface area (TPSA) is 91.6 Å². The van der Waals surface area contributed by atoms with Crippen molar-refractivity contribution >= 4 is 26.6 Å². The summed E-state index contributed by atoms with van der Waals surface area (Å²) in [6.07, 6.45) is 0. The molecule has 1 N–H and O–H groups in total. The van der Waals surface area contributed by atoms with E-state index >= 15 is 0 Å². The number of benzene rings is 2. The lowest BCUT2D eigenvalue weighted by Gasteiger charge is -2.22. The maximum atomic E-state index is 11.4. The summed E-state index contributed by atoms with van der Waals surface area (Å²) in [6.45, 7) is 2.57. The molecule has 2 aromatic rings. The first-order chi connectivity index (χ1) is 10.6. The van der Waals surface area contributed by atoms with E-state index in [0.717, 1.165) is 0 Å². The molecule has 0 atom stereocenters. The number of rotatable bonds is 3. The van der Waals surface area contributed by atoms with Crippen LogP contribution in [-0.4, -0.2) is 44.3 Å². The smallest absolute Gasteiger partial charge is 0.295 e. The van der Waals surface area contributed by atoms with Gasteiger partial charge in [0.15, 0.2) is 0 Å². The molecule has 3 rings (SSSR count). The van der Waals surface area contributed by atoms with Crippen molar-refractivity contribution in [1.82, 2.24) is 5.01 Å². The van der Waals surface area contributed by atoms with Crippen LogP contribution < -0.4 is 0 Å². The number of hydrogen-bond acceptors (Lipinski definition) is 5. The number of fused-ring (bicyclic) bond motifs is 1. The van der Waals surface area contributed by atoms with Crippen molar-refractivity contribution in [3.8, 4) is 0 Å². The van der Waals surface area contributed by atoms with Crippen LogP contribution in [0, 0.1) is 0 Å². The monoisotopic (exact) mass is 321 g/mol. The highest BCUT2D eigenvalue weighted by Crippen LogP contribution is 2.31. The Morgan fingerprint density at radius 1 is 1.05 bits per heavy atom. The normalized spacial score (nSPS) is 16.5.